The molecule has 0 atom stereocenters. The number of rotatable bonds is 8. The number of phenols is 1. The van der Waals surface area contributed by atoms with Gasteiger partial charge in [-0.1, -0.05) is 60.7 Å². The van der Waals surface area contributed by atoms with E-state index in [-0.39, 0.29) is 22.9 Å². The first kappa shape index (κ1) is 26.9. The van der Waals surface area contributed by atoms with Crippen LogP contribution in [0.4, 0.5) is 22.7 Å². The van der Waals surface area contributed by atoms with Crippen molar-refractivity contribution in [2.24, 2.45) is 10.2 Å². The van der Waals surface area contributed by atoms with Crippen LogP contribution in [0.5, 0.6) is 17.2 Å². The molecule has 0 heterocycles. The molecule has 9 heteroatoms. The van der Waals surface area contributed by atoms with E-state index >= 15 is 0 Å². The second kappa shape index (κ2) is 12.0. The largest absolute Gasteiger partial charge is 0.505 e. The molecule has 0 unspecified atom stereocenters. The fraction of sp³-hybridized carbons (Fsp3) is 0.0625. The number of aromatic hydroxyl groups is 1. The third-order valence-electron chi connectivity index (χ3n) is 6.30. The summed E-state index contributed by atoms with van der Waals surface area (Å²) in [5.74, 6) is -0.539. The minimum absolute atomic E-state index is 0.0515. The number of fused-ring (bicyclic) bond motifs is 1. The maximum absolute atomic E-state index is 13.1. The summed E-state index contributed by atoms with van der Waals surface area (Å²) in [6, 6.07) is 29.7. The molecule has 0 aliphatic rings. The Kier molecular flexibility index (Phi) is 7.87. The van der Waals surface area contributed by atoms with Gasteiger partial charge in [0.2, 0.25) is 0 Å². The van der Waals surface area contributed by atoms with E-state index in [1.165, 1.54) is 14.2 Å². The topological polar surface area (TPSA) is 122 Å². The first-order valence-electron chi connectivity index (χ1n) is 12.6. The number of hydrogen-bond acceptors (Lipinski definition) is 7. The second-order valence-corrected chi connectivity index (χ2v) is 8.91. The summed E-state index contributed by atoms with van der Waals surface area (Å²) in [6.07, 6.45) is 0. The Bertz CT molecular complexity index is 1730. The summed E-state index contributed by atoms with van der Waals surface area (Å²) in [5, 5.41) is 26.7. The molecule has 0 spiro atoms. The Morgan fingerprint density at radius 1 is 0.707 bits per heavy atom. The number of azo groups is 1. The molecule has 5 aromatic carbocycles. The van der Waals surface area contributed by atoms with E-state index in [1.807, 2.05) is 24.3 Å². The molecule has 204 valence electrons. The average Bonchev–Trinajstić information content (AvgIpc) is 3.01. The van der Waals surface area contributed by atoms with Gasteiger partial charge in [-0.15, -0.1) is 5.11 Å². The normalized spacial score (nSPS) is 10.9. The lowest BCUT2D eigenvalue weighted by Gasteiger charge is -2.15. The van der Waals surface area contributed by atoms with Crippen molar-refractivity contribution in [2.45, 2.75) is 0 Å². The molecule has 0 aromatic heterocycles. The minimum atomic E-state index is -0.488. The molecule has 5 rings (SSSR count). The standard InChI is InChI=1S/C32H26N4O5/c1-40-26-18-23(19-27(41-2)29(26)34-31(38)20-11-5-3-6-12-20)35-36-28-24-16-10-9-13-21(24)17-25(30(28)37)32(39)33-22-14-7-4-8-15-22/h3-19,37H,1-2H3,(H,33,39)(H,34,38). The quantitative estimate of drug-likeness (QED) is 0.174. The Morgan fingerprint density at radius 2 is 1.32 bits per heavy atom. The van der Waals surface area contributed by atoms with Crippen LogP contribution in [-0.4, -0.2) is 31.1 Å². The molecule has 0 fully saturated rings. The SMILES string of the molecule is COc1cc(N=Nc2c(O)c(C(=O)Nc3ccccc3)cc3ccccc23)cc(OC)c1NC(=O)c1ccccc1. The van der Waals surface area contributed by atoms with E-state index in [0.29, 0.717) is 44.9 Å². The van der Waals surface area contributed by atoms with Gasteiger partial charge in [-0.25, -0.2) is 0 Å². The molecular weight excluding hydrogens is 520 g/mol. The van der Waals surface area contributed by atoms with Crippen LogP contribution in [0.25, 0.3) is 10.8 Å². The van der Waals surface area contributed by atoms with Crippen LogP contribution in [0.3, 0.4) is 0 Å². The van der Waals surface area contributed by atoms with Gasteiger partial charge in [0.05, 0.1) is 25.5 Å². The van der Waals surface area contributed by atoms with Crippen LogP contribution in [0.15, 0.2) is 113 Å². The zero-order chi connectivity index (χ0) is 28.8. The van der Waals surface area contributed by atoms with Crippen molar-refractivity contribution >= 4 is 45.3 Å². The van der Waals surface area contributed by atoms with E-state index in [1.54, 1.807) is 78.9 Å². The highest BCUT2D eigenvalue weighted by molar-refractivity contribution is 6.11. The smallest absolute Gasteiger partial charge is 0.259 e. The predicted molar refractivity (Wildman–Crippen MR) is 158 cm³/mol. The second-order valence-electron chi connectivity index (χ2n) is 8.91. The summed E-state index contributed by atoms with van der Waals surface area (Å²) in [5.41, 5.74) is 1.90. The number of carbonyl (C=O) groups is 2. The fourth-order valence-corrected chi connectivity index (χ4v) is 4.27. The van der Waals surface area contributed by atoms with Crippen LogP contribution in [0.2, 0.25) is 0 Å². The van der Waals surface area contributed by atoms with Gasteiger partial charge in [-0.2, -0.15) is 5.11 Å². The van der Waals surface area contributed by atoms with Crippen LogP contribution in [-0.2, 0) is 0 Å². The van der Waals surface area contributed by atoms with Gasteiger partial charge in [0.1, 0.15) is 22.9 Å². The molecule has 0 aliphatic carbocycles. The lowest BCUT2D eigenvalue weighted by Crippen LogP contribution is -2.13. The van der Waals surface area contributed by atoms with Gasteiger partial charge in [-0.05, 0) is 35.7 Å². The Hall–Kier alpha value is -5.70. The number of phenolic OH excluding ortho intramolecular Hbond substituents is 1. The number of ether oxygens (including phenoxy) is 2. The van der Waals surface area contributed by atoms with E-state index in [9.17, 15) is 14.7 Å². The summed E-state index contributed by atoms with van der Waals surface area (Å²) < 4.78 is 11.0. The number of nitrogens with one attached hydrogen (secondary N) is 2. The number of carbonyl (C=O) groups excluding carboxylic acids is 2. The first-order valence-corrected chi connectivity index (χ1v) is 12.6. The number of benzene rings is 5. The lowest BCUT2D eigenvalue weighted by molar-refractivity contribution is 0.101. The molecule has 3 N–H and O–H groups in total. The summed E-state index contributed by atoms with van der Waals surface area (Å²) >= 11 is 0. The molecule has 41 heavy (non-hydrogen) atoms. The molecule has 0 aliphatic heterocycles. The van der Waals surface area contributed by atoms with Crippen LogP contribution in [0.1, 0.15) is 20.7 Å². The lowest BCUT2D eigenvalue weighted by atomic mass is 10.0. The maximum atomic E-state index is 13.1. The number of amides is 2. The van der Waals surface area contributed by atoms with Crippen molar-refractivity contribution in [2.75, 3.05) is 24.9 Å². The zero-order valence-corrected chi connectivity index (χ0v) is 22.3. The van der Waals surface area contributed by atoms with E-state index < -0.39 is 5.91 Å². The number of para-hydroxylation sites is 1. The van der Waals surface area contributed by atoms with Gasteiger partial charge in [0, 0.05) is 28.8 Å². The highest BCUT2D eigenvalue weighted by Gasteiger charge is 2.20. The maximum Gasteiger partial charge on any atom is 0.259 e. The molecule has 0 bridgehead atoms. The number of anilines is 2. The van der Waals surface area contributed by atoms with Gasteiger partial charge in [0.15, 0.2) is 5.75 Å². The van der Waals surface area contributed by atoms with E-state index in [4.69, 9.17) is 9.47 Å². The number of nitrogens with zero attached hydrogens (tertiary/aromatic N) is 2. The Balaban J connectivity index is 1.51. The molecule has 5 aromatic rings. The van der Waals surface area contributed by atoms with Gasteiger partial charge in [-0.3, -0.25) is 9.59 Å². The average molecular weight is 547 g/mol. The molecule has 0 saturated heterocycles. The summed E-state index contributed by atoms with van der Waals surface area (Å²) in [6.45, 7) is 0. The van der Waals surface area contributed by atoms with Crippen LogP contribution in [0, 0.1) is 0 Å². The predicted octanol–water partition coefficient (Wildman–Crippen LogP) is 7.48. The van der Waals surface area contributed by atoms with Gasteiger partial charge in [0.25, 0.3) is 11.8 Å². The van der Waals surface area contributed by atoms with Crippen molar-refractivity contribution in [3.8, 4) is 17.2 Å². The number of hydrogen-bond donors (Lipinski definition) is 3. The Morgan fingerprint density at radius 3 is 1.98 bits per heavy atom. The van der Waals surface area contributed by atoms with Crippen molar-refractivity contribution in [3.05, 3.63) is 114 Å². The van der Waals surface area contributed by atoms with Crippen LogP contribution < -0.4 is 20.1 Å². The third kappa shape index (κ3) is 5.84. The zero-order valence-electron chi connectivity index (χ0n) is 22.3. The van der Waals surface area contributed by atoms with Gasteiger partial charge >= 0.3 is 0 Å². The number of methoxy groups -OCH3 is 2. The fourth-order valence-electron chi connectivity index (χ4n) is 4.27. The molecule has 9 nitrogen and oxygen atoms in total. The monoisotopic (exact) mass is 546 g/mol. The molecule has 0 saturated carbocycles. The minimum Gasteiger partial charge on any atom is -0.505 e. The highest BCUT2D eigenvalue weighted by Crippen LogP contribution is 2.42. The summed E-state index contributed by atoms with van der Waals surface area (Å²) in [7, 11) is 2.92. The van der Waals surface area contributed by atoms with Crippen molar-refractivity contribution < 1.29 is 24.2 Å². The molecule has 0 radical (unpaired) electrons. The molecular formula is C32H26N4O5. The van der Waals surface area contributed by atoms with Crippen LogP contribution >= 0.6 is 0 Å². The van der Waals surface area contributed by atoms with E-state index in [0.717, 1.165) is 0 Å². The van der Waals surface area contributed by atoms with Crippen molar-refractivity contribution in [1.82, 2.24) is 0 Å². The first-order chi connectivity index (χ1) is 20.0. The highest BCUT2D eigenvalue weighted by atomic mass is 16.5. The van der Waals surface area contributed by atoms with Gasteiger partial charge < -0.3 is 25.2 Å². The van der Waals surface area contributed by atoms with Crippen molar-refractivity contribution in [1.29, 1.82) is 0 Å². The summed E-state index contributed by atoms with van der Waals surface area (Å²) in [4.78, 5) is 25.9. The van der Waals surface area contributed by atoms with E-state index in [2.05, 4.69) is 20.9 Å². The third-order valence-corrected chi connectivity index (χ3v) is 6.30. The Labute approximate surface area is 236 Å². The molecule has 2 amide bonds. The van der Waals surface area contributed by atoms with Crippen molar-refractivity contribution in [3.63, 3.8) is 0 Å².